The Bertz CT molecular complexity index is 977. The van der Waals surface area contributed by atoms with Crippen LogP contribution in [0.15, 0.2) is 11.1 Å². The molecule has 1 saturated heterocycles. The molecule has 12 nitrogen and oxygen atoms in total. The first kappa shape index (κ1) is 20.6. The van der Waals surface area contributed by atoms with Crippen molar-refractivity contribution >= 4 is 29.2 Å². The third-order valence-electron chi connectivity index (χ3n) is 4.58. The van der Waals surface area contributed by atoms with E-state index in [1.165, 1.54) is 6.33 Å². The van der Waals surface area contributed by atoms with E-state index < -0.39 is 29.3 Å². The van der Waals surface area contributed by atoms with E-state index in [1.807, 2.05) is 0 Å². The third kappa shape index (κ3) is 4.65. The van der Waals surface area contributed by atoms with Crippen molar-refractivity contribution in [3.05, 3.63) is 16.7 Å². The summed E-state index contributed by atoms with van der Waals surface area (Å²) in [4.78, 5) is 47.8. The number of carboxylic acid groups (broad SMARTS) is 1. The predicted molar refractivity (Wildman–Crippen MR) is 103 cm³/mol. The molecule has 12 heteroatoms. The van der Waals surface area contributed by atoms with E-state index in [2.05, 4.69) is 20.3 Å². The maximum absolute atomic E-state index is 12.0. The van der Waals surface area contributed by atoms with Crippen LogP contribution < -0.4 is 16.6 Å². The minimum Gasteiger partial charge on any atom is -0.480 e. The van der Waals surface area contributed by atoms with Crippen LogP contribution >= 0.6 is 0 Å². The molecule has 158 valence electrons. The molecule has 0 saturated carbocycles. The van der Waals surface area contributed by atoms with Crippen molar-refractivity contribution < 1.29 is 19.4 Å². The number of hydrogen-bond acceptors (Lipinski definition) is 8. The number of aliphatic carboxylic acids is 1. The van der Waals surface area contributed by atoms with Crippen molar-refractivity contribution in [1.29, 1.82) is 0 Å². The van der Waals surface area contributed by atoms with Crippen molar-refractivity contribution in [2.45, 2.75) is 44.9 Å². The summed E-state index contributed by atoms with van der Waals surface area (Å²) < 4.78 is 6.86. The van der Waals surface area contributed by atoms with E-state index in [0.717, 1.165) is 0 Å². The van der Waals surface area contributed by atoms with Gasteiger partial charge in [0.1, 0.15) is 11.6 Å². The van der Waals surface area contributed by atoms with Gasteiger partial charge in [-0.25, -0.2) is 9.78 Å². The first-order valence-electron chi connectivity index (χ1n) is 9.21. The molecule has 0 radical (unpaired) electrons. The van der Waals surface area contributed by atoms with Gasteiger partial charge in [-0.05, 0) is 27.2 Å². The van der Waals surface area contributed by atoms with E-state index in [0.29, 0.717) is 25.2 Å². The number of aromatic nitrogens is 4. The maximum atomic E-state index is 12.0. The molecule has 1 fully saturated rings. The van der Waals surface area contributed by atoms with Crippen LogP contribution in [0.5, 0.6) is 0 Å². The van der Waals surface area contributed by atoms with Gasteiger partial charge in [0.15, 0.2) is 11.2 Å². The lowest BCUT2D eigenvalue weighted by atomic mass is 10.1. The smallest absolute Gasteiger partial charge is 0.407 e. The van der Waals surface area contributed by atoms with Crippen molar-refractivity contribution in [3.8, 4) is 0 Å². The molecule has 2 atom stereocenters. The van der Waals surface area contributed by atoms with Crippen LogP contribution in [0.25, 0.3) is 11.2 Å². The summed E-state index contributed by atoms with van der Waals surface area (Å²) in [5.41, 5.74) is 5.03. The molecule has 0 aromatic carbocycles. The minimum atomic E-state index is -0.959. The second kappa shape index (κ2) is 7.70. The Morgan fingerprint density at radius 1 is 1.45 bits per heavy atom. The van der Waals surface area contributed by atoms with Crippen molar-refractivity contribution in [3.63, 3.8) is 0 Å². The molecule has 0 aliphatic carbocycles. The zero-order valence-electron chi connectivity index (χ0n) is 16.5. The Kier molecular flexibility index (Phi) is 5.46. The fraction of sp³-hybridized carbons (Fsp3) is 0.588. The number of alkyl carbamates (subject to hydrolysis) is 1. The lowest BCUT2D eigenvalue weighted by Crippen LogP contribution is -2.42. The largest absolute Gasteiger partial charge is 0.480 e. The number of carboxylic acids is 1. The maximum Gasteiger partial charge on any atom is 0.407 e. The molecule has 3 rings (SSSR count). The molecule has 1 aliphatic rings. The lowest BCUT2D eigenvalue weighted by Gasteiger charge is -2.23. The topological polar surface area (TPSA) is 168 Å². The van der Waals surface area contributed by atoms with Crippen molar-refractivity contribution in [2.75, 3.05) is 25.4 Å². The fourth-order valence-corrected chi connectivity index (χ4v) is 3.41. The molecule has 1 aliphatic heterocycles. The van der Waals surface area contributed by atoms with Crippen molar-refractivity contribution in [2.24, 2.45) is 0 Å². The fourth-order valence-electron chi connectivity index (χ4n) is 3.41. The second-order valence-electron chi connectivity index (χ2n) is 7.94. The molecule has 0 unspecified atom stereocenters. The monoisotopic (exact) mass is 407 g/mol. The molecule has 29 heavy (non-hydrogen) atoms. The standard InChI is InChI=1S/C17H25N7O5/c1-17(2,3)29-16(28)19-4-5-23-7-9(6-10(23)14(26)27)24-8-20-11-12(24)21-15(18)22-13(11)25/h8-10H,4-7H2,1-3H3,(H,19,28)(H,26,27)(H3,18,21,22,25)/t9-,10-/m0/s1. The quantitative estimate of drug-likeness (QED) is 0.530. The summed E-state index contributed by atoms with van der Waals surface area (Å²) in [5.74, 6) is -0.991. The number of anilines is 1. The highest BCUT2D eigenvalue weighted by Crippen LogP contribution is 2.29. The summed E-state index contributed by atoms with van der Waals surface area (Å²) in [6.45, 7) is 6.25. The Labute approximate surface area is 166 Å². The molecular weight excluding hydrogens is 382 g/mol. The molecule has 0 spiro atoms. The van der Waals surface area contributed by atoms with E-state index in [1.54, 1.807) is 30.2 Å². The van der Waals surface area contributed by atoms with Gasteiger partial charge in [0.25, 0.3) is 5.56 Å². The highest BCUT2D eigenvalue weighted by Gasteiger charge is 2.38. The number of nitrogens with zero attached hydrogens (tertiary/aromatic N) is 4. The Morgan fingerprint density at radius 2 is 2.17 bits per heavy atom. The number of ether oxygens (including phenoxy) is 1. The van der Waals surface area contributed by atoms with Gasteiger partial charge in [-0.15, -0.1) is 0 Å². The summed E-state index contributed by atoms with van der Waals surface area (Å²) in [6, 6.07) is -0.992. The number of aromatic amines is 1. The Morgan fingerprint density at radius 3 is 2.83 bits per heavy atom. The number of rotatable bonds is 5. The summed E-state index contributed by atoms with van der Waals surface area (Å²) in [6.07, 6.45) is 1.22. The number of nitrogen functional groups attached to an aromatic ring is 1. The van der Waals surface area contributed by atoms with E-state index >= 15 is 0 Å². The minimum absolute atomic E-state index is 0.0320. The summed E-state index contributed by atoms with van der Waals surface area (Å²) in [5, 5.41) is 12.2. The second-order valence-corrected chi connectivity index (χ2v) is 7.94. The van der Waals surface area contributed by atoms with Crippen LogP contribution in [0.3, 0.4) is 0 Å². The lowest BCUT2D eigenvalue weighted by molar-refractivity contribution is -0.142. The number of hydrogen-bond donors (Lipinski definition) is 4. The van der Waals surface area contributed by atoms with Crippen LogP contribution in [0, 0.1) is 0 Å². The number of carbonyl (C=O) groups excluding carboxylic acids is 1. The average molecular weight is 407 g/mol. The third-order valence-corrected chi connectivity index (χ3v) is 4.58. The number of likely N-dealkylation sites (tertiary alicyclic amines) is 1. The SMILES string of the molecule is CC(C)(C)OC(=O)NCCN1C[C@@H](n2cnc3c(=O)[nH]c(N)nc32)C[C@H]1C(=O)O. The van der Waals surface area contributed by atoms with Gasteiger partial charge < -0.3 is 25.5 Å². The van der Waals surface area contributed by atoms with Gasteiger partial charge in [0.05, 0.1) is 12.4 Å². The normalized spacial score (nSPS) is 20.1. The van der Waals surface area contributed by atoms with Gasteiger partial charge in [-0.3, -0.25) is 19.5 Å². The summed E-state index contributed by atoms with van der Waals surface area (Å²) >= 11 is 0. The summed E-state index contributed by atoms with van der Waals surface area (Å²) in [7, 11) is 0. The van der Waals surface area contributed by atoms with E-state index in [4.69, 9.17) is 10.5 Å². The molecule has 5 N–H and O–H groups in total. The Hall–Kier alpha value is -3.15. The number of nitrogens with two attached hydrogens (primary N) is 1. The molecule has 2 aromatic rings. The molecule has 3 heterocycles. The highest BCUT2D eigenvalue weighted by molar-refractivity contribution is 5.74. The number of carbonyl (C=O) groups is 2. The highest BCUT2D eigenvalue weighted by atomic mass is 16.6. The van der Waals surface area contributed by atoms with Crippen LogP contribution in [-0.4, -0.2) is 72.9 Å². The Balaban J connectivity index is 1.71. The number of H-pyrrole nitrogens is 1. The first-order chi connectivity index (χ1) is 13.5. The van der Waals surface area contributed by atoms with Crippen LogP contribution in [0.1, 0.15) is 33.2 Å². The van der Waals surface area contributed by atoms with Gasteiger partial charge in [-0.1, -0.05) is 0 Å². The van der Waals surface area contributed by atoms with E-state index in [9.17, 15) is 19.5 Å². The molecule has 0 bridgehead atoms. The number of imidazole rings is 1. The zero-order valence-corrected chi connectivity index (χ0v) is 16.5. The zero-order chi connectivity index (χ0) is 21.3. The molecule has 2 aromatic heterocycles. The van der Waals surface area contributed by atoms with Gasteiger partial charge >= 0.3 is 12.1 Å². The number of amides is 1. The van der Waals surface area contributed by atoms with Crippen molar-refractivity contribution in [1.82, 2.24) is 29.7 Å². The first-order valence-corrected chi connectivity index (χ1v) is 9.21. The van der Waals surface area contributed by atoms with Crippen LogP contribution in [0.2, 0.25) is 0 Å². The van der Waals surface area contributed by atoms with Gasteiger partial charge in [0, 0.05) is 19.6 Å². The van der Waals surface area contributed by atoms with Gasteiger partial charge in [-0.2, -0.15) is 4.98 Å². The molecular formula is C17H25N7O5. The van der Waals surface area contributed by atoms with Gasteiger partial charge in [0.2, 0.25) is 5.95 Å². The van der Waals surface area contributed by atoms with Crippen LogP contribution in [0.4, 0.5) is 10.7 Å². The van der Waals surface area contributed by atoms with E-state index in [-0.39, 0.29) is 24.1 Å². The van der Waals surface area contributed by atoms with Crippen LogP contribution in [-0.2, 0) is 9.53 Å². The molecule has 1 amide bonds. The predicted octanol–water partition coefficient (Wildman–Crippen LogP) is -0.0735. The number of nitrogens with one attached hydrogen (secondary N) is 2. The average Bonchev–Trinajstić information content (AvgIpc) is 3.17. The number of fused-ring (bicyclic) bond motifs is 1.